The first kappa shape index (κ1) is 24.1. The summed E-state index contributed by atoms with van der Waals surface area (Å²) in [4.78, 5) is 36.3. The van der Waals surface area contributed by atoms with Gasteiger partial charge in [0.2, 0.25) is 11.8 Å². The Labute approximate surface area is 202 Å². The average molecular weight is 497 g/mol. The molecule has 0 unspecified atom stereocenters. The SMILES string of the molecule is CCc1nn2c(c1-c1ccc(OC)c(S(=O)(=O)Nc3cccc(C(C)=O)c3)c1)NC(=O)CCC2=O. The number of fused-ring (bicyclic) bond motifs is 1. The zero-order chi connectivity index (χ0) is 25.3. The Morgan fingerprint density at radius 3 is 2.63 bits per heavy atom. The molecule has 2 heterocycles. The minimum atomic E-state index is -4.15. The van der Waals surface area contributed by atoms with E-state index in [0.29, 0.717) is 28.8 Å². The smallest absolute Gasteiger partial charge is 0.265 e. The summed E-state index contributed by atoms with van der Waals surface area (Å²) in [5.41, 5.74) is 2.02. The van der Waals surface area contributed by atoms with E-state index in [0.717, 1.165) is 0 Å². The number of hydrogen-bond donors (Lipinski definition) is 2. The molecule has 1 aliphatic rings. The van der Waals surface area contributed by atoms with Crippen molar-refractivity contribution in [2.45, 2.75) is 38.0 Å². The third kappa shape index (κ3) is 4.67. The van der Waals surface area contributed by atoms with Crippen molar-refractivity contribution in [1.29, 1.82) is 0 Å². The molecule has 1 aromatic heterocycles. The van der Waals surface area contributed by atoms with Crippen molar-refractivity contribution in [3.05, 3.63) is 53.7 Å². The van der Waals surface area contributed by atoms with Crippen LogP contribution in [0.3, 0.4) is 0 Å². The van der Waals surface area contributed by atoms with E-state index in [9.17, 15) is 22.8 Å². The van der Waals surface area contributed by atoms with Crippen molar-refractivity contribution >= 4 is 39.1 Å². The maximum Gasteiger partial charge on any atom is 0.265 e. The first-order valence-electron chi connectivity index (χ1n) is 10.9. The average Bonchev–Trinajstić information content (AvgIpc) is 3.13. The van der Waals surface area contributed by atoms with Gasteiger partial charge in [-0.2, -0.15) is 9.78 Å². The molecule has 0 atom stereocenters. The van der Waals surface area contributed by atoms with Crippen LogP contribution in [0, 0.1) is 0 Å². The predicted molar refractivity (Wildman–Crippen MR) is 129 cm³/mol. The summed E-state index contributed by atoms with van der Waals surface area (Å²) in [6, 6.07) is 10.7. The summed E-state index contributed by atoms with van der Waals surface area (Å²) in [6.07, 6.45) is 0.506. The van der Waals surface area contributed by atoms with Gasteiger partial charge >= 0.3 is 0 Å². The van der Waals surface area contributed by atoms with Crippen LogP contribution in [0.15, 0.2) is 47.4 Å². The molecule has 0 radical (unpaired) electrons. The van der Waals surface area contributed by atoms with Crippen LogP contribution in [0.5, 0.6) is 5.75 Å². The van der Waals surface area contributed by atoms with Gasteiger partial charge in [-0.25, -0.2) is 8.42 Å². The number of aromatic nitrogens is 2. The van der Waals surface area contributed by atoms with E-state index in [1.165, 1.54) is 43.0 Å². The van der Waals surface area contributed by atoms with Crippen LogP contribution in [0.1, 0.15) is 47.5 Å². The Kier molecular flexibility index (Phi) is 6.44. The first-order valence-corrected chi connectivity index (χ1v) is 12.4. The number of benzene rings is 2. The Hall–Kier alpha value is -3.99. The molecule has 0 bridgehead atoms. The van der Waals surface area contributed by atoms with Gasteiger partial charge in [0.25, 0.3) is 10.0 Å². The number of sulfonamides is 1. The number of hydrogen-bond acceptors (Lipinski definition) is 7. The van der Waals surface area contributed by atoms with Gasteiger partial charge in [-0.3, -0.25) is 19.1 Å². The van der Waals surface area contributed by atoms with E-state index in [4.69, 9.17) is 4.74 Å². The standard InChI is InChI=1S/C24H24N4O6S/c1-4-18-23(24-25-21(30)10-11-22(31)28(24)26-18)16-8-9-19(34-3)20(13-16)35(32,33)27-17-7-5-6-15(12-17)14(2)29/h5-9,12-13,27H,4,10-11H2,1-3H3,(H,25,30). The number of carbonyl (C=O) groups excluding carboxylic acids is 3. The Morgan fingerprint density at radius 2 is 1.94 bits per heavy atom. The fourth-order valence-corrected chi connectivity index (χ4v) is 5.13. The summed E-state index contributed by atoms with van der Waals surface area (Å²) >= 11 is 0. The first-order chi connectivity index (χ1) is 16.6. The summed E-state index contributed by atoms with van der Waals surface area (Å²) in [5, 5.41) is 7.10. The van der Waals surface area contributed by atoms with Gasteiger partial charge in [0.15, 0.2) is 5.78 Å². The van der Waals surface area contributed by atoms with Crippen LogP contribution in [0.4, 0.5) is 11.5 Å². The number of Topliss-reactive ketones (excluding diaryl/α,β-unsaturated/α-hetero) is 1. The quantitative estimate of drug-likeness (QED) is 0.478. The Bertz CT molecular complexity index is 1460. The highest BCUT2D eigenvalue weighted by Gasteiger charge is 2.29. The molecule has 3 aromatic rings. The molecule has 0 saturated carbocycles. The molecular formula is C24H24N4O6S. The van der Waals surface area contributed by atoms with Crippen LogP contribution >= 0.6 is 0 Å². The van der Waals surface area contributed by atoms with Crippen LogP contribution in [-0.2, 0) is 21.2 Å². The molecular weight excluding hydrogens is 472 g/mol. The number of nitrogens with zero attached hydrogens (tertiary/aromatic N) is 2. The molecule has 1 aliphatic heterocycles. The lowest BCUT2D eigenvalue weighted by Crippen LogP contribution is -2.15. The maximum atomic E-state index is 13.4. The van der Waals surface area contributed by atoms with E-state index < -0.39 is 10.0 Å². The maximum absolute atomic E-state index is 13.4. The van der Waals surface area contributed by atoms with Crippen molar-refractivity contribution in [3.8, 4) is 16.9 Å². The molecule has 2 N–H and O–H groups in total. The monoisotopic (exact) mass is 496 g/mol. The third-order valence-electron chi connectivity index (χ3n) is 5.62. The van der Waals surface area contributed by atoms with E-state index in [2.05, 4.69) is 15.1 Å². The van der Waals surface area contributed by atoms with E-state index in [1.807, 2.05) is 6.92 Å². The van der Waals surface area contributed by atoms with Gasteiger partial charge in [-0.1, -0.05) is 25.1 Å². The molecule has 182 valence electrons. The van der Waals surface area contributed by atoms with Crippen LogP contribution in [0.25, 0.3) is 11.1 Å². The molecule has 11 heteroatoms. The van der Waals surface area contributed by atoms with E-state index in [1.54, 1.807) is 18.2 Å². The van der Waals surface area contributed by atoms with Crippen molar-refractivity contribution in [2.24, 2.45) is 0 Å². The number of methoxy groups -OCH3 is 1. The molecule has 0 saturated heterocycles. The highest BCUT2D eigenvalue weighted by atomic mass is 32.2. The van der Waals surface area contributed by atoms with Crippen LogP contribution in [-0.4, -0.2) is 42.9 Å². The van der Waals surface area contributed by atoms with Gasteiger partial charge in [0.05, 0.1) is 12.8 Å². The molecule has 0 aliphatic carbocycles. The molecule has 0 spiro atoms. The Balaban J connectivity index is 1.84. The number of ether oxygens (including phenoxy) is 1. The highest BCUT2D eigenvalue weighted by Crippen LogP contribution is 2.37. The van der Waals surface area contributed by atoms with Crippen LogP contribution in [0.2, 0.25) is 0 Å². The molecule has 35 heavy (non-hydrogen) atoms. The summed E-state index contributed by atoms with van der Waals surface area (Å²) < 4.78 is 35.7. The summed E-state index contributed by atoms with van der Waals surface area (Å²) in [6.45, 7) is 3.24. The van der Waals surface area contributed by atoms with Crippen molar-refractivity contribution in [1.82, 2.24) is 9.78 Å². The van der Waals surface area contributed by atoms with Gasteiger partial charge in [0.1, 0.15) is 16.5 Å². The largest absolute Gasteiger partial charge is 0.495 e. The molecule has 10 nitrogen and oxygen atoms in total. The number of ketones is 1. The van der Waals surface area contributed by atoms with E-state index >= 15 is 0 Å². The predicted octanol–water partition coefficient (Wildman–Crippen LogP) is 3.50. The number of rotatable bonds is 7. The lowest BCUT2D eigenvalue weighted by atomic mass is 10.0. The van der Waals surface area contributed by atoms with Crippen molar-refractivity contribution in [3.63, 3.8) is 0 Å². The lowest BCUT2D eigenvalue weighted by molar-refractivity contribution is -0.116. The zero-order valence-electron chi connectivity index (χ0n) is 19.4. The fourth-order valence-electron chi connectivity index (χ4n) is 3.88. The Morgan fingerprint density at radius 1 is 1.17 bits per heavy atom. The second-order valence-corrected chi connectivity index (χ2v) is 9.64. The van der Waals surface area contributed by atoms with Gasteiger partial charge in [-0.15, -0.1) is 0 Å². The minimum Gasteiger partial charge on any atom is -0.495 e. The van der Waals surface area contributed by atoms with Crippen LogP contribution < -0.4 is 14.8 Å². The fraction of sp³-hybridized carbons (Fsp3) is 0.250. The molecule has 0 fully saturated rings. The second-order valence-electron chi connectivity index (χ2n) is 7.99. The number of nitrogens with one attached hydrogen (secondary N) is 2. The number of anilines is 2. The normalized spacial score (nSPS) is 13.6. The zero-order valence-corrected chi connectivity index (χ0v) is 20.2. The second kappa shape index (κ2) is 9.34. The van der Waals surface area contributed by atoms with Gasteiger partial charge < -0.3 is 10.1 Å². The molecule has 2 aromatic carbocycles. The van der Waals surface area contributed by atoms with Crippen molar-refractivity contribution < 1.29 is 27.5 Å². The lowest BCUT2D eigenvalue weighted by Gasteiger charge is -2.14. The van der Waals surface area contributed by atoms with E-state index in [-0.39, 0.29) is 52.6 Å². The summed E-state index contributed by atoms with van der Waals surface area (Å²) in [7, 11) is -2.80. The number of aryl methyl sites for hydroxylation is 1. The summed E-state index contributed by atoms with van der Waals surface area (Å²) in [5.74, 6) is -0.538. The topological polar surface area (TPSA) is 136 Å². The number of carbonyl (C=O) groups is 3. The molecule has 4 rings (SSSR count). The van der Waals surface area contributed by atoms with Crippen molar-refractivity contribution in [2.75, 3.05) is 17.1 Å². The third-order valence-corrected chi connectivity index (χ3v) is 7.02. The van der Waals surface area contributed by atoms with Gasteiger partial charge in [-0.05, 0) is 43.2 Å². The molecule has 1 amide bonds. The minimum absolute atomic E-state index is 0.0224. The highest BCUT2D eigenvalue weighted by molar-refractivity contribution is 7.92. The van der Waals surface area contributed by atoms with Gasteiger partial charge in [0, 0.05) is 29.7 Å². The number of amides is 1.